The summed E-state index contributed by atoms with van der Waals surface area (Å²) in [6.45, 7) is 1.09. The van der Waals surface area contributed by atoms with E-state index in [4.69, 9.17) is 9.47 Å². The van der Waals surface area contributed by atoms with Crippen molar-refractivity contribution in [3.05, 3.63) is 24.4 Å². The van der Waals surface area contributed by atoms with Gasteiger partial charge in [0, 0.05) is 19.4 Å². The van der Waals surface area contributed by atoms with E-state index in [1.807, 2.05) is 0 Å². The predicted octanol–water partition coefficient (Wildman–Crippen LogP) is 0.907. The zero-order valence-corrected chi connectivity index (χ0v) is 6.41. The summed E-state index contributed by atoms with van der Waals surface area (Å²) < 4.78 is 9.95. The quantitative estimate of drug-likeness (QED) is 0.601. The monoisotopic (exact) mass is 152 g/mol. The smallest absolute Gasteiger partial charge is 0.221 e. The Morgan fingerprint density at radius 1 is 1.55 bits per heavy atom. The summed E-state index contributed by atoms with van der Waals surface area (Å²) in [5.41, 5.74) is 0. The van der Waals surface area contributed by atoms with Crippen molar-refractivity contribution in [3.8, 4) is 5.88 Å². The molecule has 1 aromatic heterocycles. The first-order chi connectivity index (χ1) is 5.43. The van der Waals surface area contributed by atoms with Crippen LogP contribution in [0.15, 0.2) is 18.3 Å². The van der Waals surface area contributed by atoms with Crippen molar-refractivity contribution < 1.29 is 9.47 Å². The van der Waals surface area contributed by atoms with Gasteiger partial charge in [-0.3, -0.25) is 0 Å². The van der Waals surface area contributed by atoms with Gasteiger partial charge in [-0.2, -0.15) is 0 Å². The van der Waals surface area contributed by atoms with Crippen molar-refractivity contribution in [1.29, 1.82) is 0 Å². The lowest BCUT2D eigenvalue weighted by molar-refractivity contribution is 0.143. The minimum Gasteiger partial charge on any atom is -0.475 e. The molecule has 0 aromatic carbocycles. The molecule has 0 saturated heterocycles. The molecule has 59 valence electrons. The van der Waals surface area contributed by atoms with Gasteiger partial charge in [-0.05, 0) is 12.1 Å². The third-order valence-corrected chi connectivity index (χ3v) is 1.11. The van der Waals surface area contributed by atoms with Crippen LogP contribution in [0.3, 0.4) is 0 Å². The lowest BCUT2D eigenvalue weighted by Crippen LogP contribution is -2.04. The first-order valence-corrected chi connectivity index (χ1v) is 3.38. The molecule has 11 heavy (non-hydrogen) atoms. The largest absolute Gasteiger partial charge is 0.475 e. The molecule has 0 aliphatic rings. The van der Waals surface area contributed by atoms with E-state index >= 15 is 0 Å². The third kappa shape index (κ3) is 3.00. The van der Waals surface area contributed by atoms with E-state index in [1.165, 1.54) is 0 Å². The minimum absolute atomic E-state index is 0.518. The molecule has 1 radical (unpaired) electrons. The van der Waals surface area contributed by atoms with Gasteiger partial charge in [0.2, 0.25) is 5.88 Å². The van der Waals surface area contributed by atoms with Gasteiger partial charge in [0.25, 0.3) is 0 Å². The highest BCUT2D eigenvalue weighted by Crippen LogP contribution is 2.00. The number of ether oxygens (including phenoxy) is 2. The molecule has 1 heterocycles. The molecular formula is C8H10NO2. The van der Waals surface area contributed by atoms with Crippen LogP contribution >= 0.6 is 0 Å². The van der Waals surface area contributed by atoms with Gasteiger partial charge in [-0.1, -0.05) is 0 Å². The van der Waals surface area contributed by atoms with Crippen molar-refractivity contribution in [2.45, 2.75) is 0 Å². The Bertz CT molecular complexity index is 189. The number of pyridine rings is 1. The summed E-state index contributed by atoms with van der Waals surface area (Å²) in [4.78, 5) is 3.92. The van der Waals surface area contributed by atoms with Crippen LogP contribution in [-0.4, -0.2) is 25.3 Å². The Morgan fingerprint density at radius 2 is 2.45 bits per heavy atom. The SMILES string of the molecule is COCCOc1[c]cccn1. The number of methoxy groups -OCH3 is 1. The number of aromatic nitrogens is 1. The maximum Gasteiger partial charge on any atom is 0.221 e. The van der Waals surface area contributed by atoms with Crippen LogP contribution in [0.4, 0.5) is 0 Å². The summed E-state index contributed by atoms with van der Waals surface area (Å²) in [6, 6.07) is 6.39. The molecule has 0 aliphatic carbocycles. The fourth-order valence-electron chi connectivity index (χ4n) is 0.611. The molecule has 0 fully saturated rings. The Kier molecular flexibility index (Phi) is 3.41. The number of rotatable bonds is 4. The molecule has 3 nitrogen and oxygen atoms in total. The van der Waals surface area contributed by atoms with Crippen LogP contribution in [0.1, 0.15) is 0 Å². The number of nitrogens with zero attached hydrogens (tertiary/aromatic N) is 1. The molecule has 0 aliphatic heterocycles. The summed E-state index contributed by atoms with van der Waals surface area (Å²) in [5, 5.41) is 0. The van der Waals surface area contributed by atoms with E-state index < -0.39 is 0 Å². The first-order valence-electron chi connectivity index (χ1n) is 3.38. The molecule has 0 N–H and O–H groups in total. The maximum atomic E-state index is 5.15. The summed E-state index contributed by atoms with van der Waals surface area (Å²) in [6.07, 6.45) is 1.67. The fourth-order valence-corrected chi connectivity index (χ4v) is 0.611. The van der Waals surface area contributed by atoms with Crippen molar-refractivity contribution in [2.24, 2.45) is 0 Å². The highest BCUT2D eigenvalue weighted by molar-refractivity contribution is 5.06. The zero-order valence-electron chi connectivity index (χ0n) is 6.41. The lowest BCUT2D eigenvalue weighted by Gasteiger charge is -2.01. The summed E-state index contributed by atoms with van der Waals surface area (Å²) >= 11 is 0. The molecule has 0 spiro atoms. The number of hydrogen-bond acceptors (Lipinski definition) is 3. The first kappa shape index (κ1) is 8.01. The van der Waals surface area contributed by atoms with Gasteiger partial charge in [-0.25, -0.2) is 4.98 Å². The third-order valence-electron chi connectivity index (χ3n) is 1.11. The highest BCUT2D eigenvalue weighted by Gasteiger charge is 1.90. The normalized spacial score (nSPS) is 9.55. The van der Waals surface area contributed by atoms with Crippen LogP contribution in [-0.2, 0) is 4.74 Å². The average molecular weight is 152 g/mol. The van der Waals surface area contributed by atoms with E-state index in [0.717, 1.165) is 0 Å². The Labute approximate surface area is 66.0 Å². The second-order valence-electron chi connectivity index (χ2n) is 1.93. The molecular weight excluding hydrogens is 142 g/mol. The van der Waals surface area contributed by atoms with Crippen LogP contribution in [0.5, 0.6) is 5.88 Å². The van der Waals surface area contributed by atoms with Crippen molar-refractivity contribution in [3.63, 3.8) is 0 Å². The topological polar surface area (TPSA) is 31.4 Å². The van der Waals surface area contributed by atoms with E-state index in [1.54, 1.807) is 25.4 Å². The van der Waals surface area contributed by atoms with Crippen LogP contribution in [0.25, 0.3) is 0 Å². The second kappa shape index (κ2) is 4.68. The lowest BCUT2D eigenvalue weighted by atomic mass is 10.5. The van der Waals surface area contributed by atoms with Crippen molar-refractivity contribution in [2.75, 3.05) is 20.3 Å². The van der Waals surface area contributed by atoms with Gasteiger partial charge in [0.05, 0.1) is 6.61 Å². The van der Waals surface area contributed by atoms with Gasteiger partial charge >= 0.3 is 0 Å². The molecule has 0 bridgehead atoms. The fraction of sp³-hybridized carbons (Fsp3) is 0.375. The Balaban J connectivity index is 2.28. The van der Waals surface area contributed by atoms with E-state index in [9.17, 15) is 0 Å². The maximum absolute atomic E-state index is 5.15. The van der Waals surface area contributed by atoms with E-state index in [2.05, 4.69) is 11.1 Å². The highest BCUT2D eigenvalue weighted by atomic mass is 16.5. The van der Waals surface area contributed by atoms with E-state index in [-0.39, 0.29) is 0 Å². The molecule has 0 atom stereocenters. The zero-order chi connectivity index (χ0) is 7.94. The van der Waals surface area contributed by atoms with Gasteiger partial charge in [0.1, 0.15) is 6.61 Å². The second-order valence-corrected chi connectivity index (χ2v) is 1.93. The minimum atomic E-state index is 0.518. The molecule has 3 heteroatoms. The van der Waals surface area contributed by atoms with Crippen LogP contribution in [0.2, 0.25) is 0 Å². The predicted molar refractivity (Wildman–Crippen MR) is 40.4 cm³/mol. The van der Waals surface area contributed by atoms with E-state index in [0.29, 0.717) is 19.1 Å². The standard InChI is InChI=1S/C8H10NO2/c1-10-6-7-11-8-4-2-3-5-9-8/h2-3,5H,6-7H2,1H3. The van der Waals surface area contributed by atoms with Crippen LogP contribution < -0.4 is 4.74 Å². The summed E-state index contributed by atoms with van der Waals surface area (Å²) in [7, 11) is 1.63. The molecule has 0 saturated carbocycles. The van der Waals surface area contributed by atoms with Gasteiger partial charge in [0.15, 0.2) is 0 Å². The Hall–Kier alpha value is -1.09. The average Bonchev–Trinajstić information content (AvgIpc) is 2.07. The van der Waals surface area contributed by atoms with Gasteiger partial charge in [-0.15, -0.1) is 0 Å². The number of hydrogen-bond donors (Lipinski definition) is 0. The Morgan fingerprint density at radius 3 is 3.09 bits per heavy atom. The van der Waals surface area contributed by atoms with Crippen molar-refractivity contribution in [1.82, 2.24) is 4.98 Å². The molecule has 0 amide bonds. The summed E-state index contributed by atoms with van der Waals surface area (Å²) in [5.74, 6) is 0.518. The molecule has 0 unspecified atom stereocenters. The van der Waals surface area contributed by atoms with Crippen molar-refractivity contribution >= 4 is 0 Å². The molecule has 1 rings (SSSR count). The molecule has 1 aromatic rings. The van der Waals surface area contributed by atoms with Gasteiger partial charge < -0.3 is 9.47 Å². The van der Waals surface area contributed by atoms with Crippen LogP contribution in [0, 0.1) is 6.07 Å².